The molecule has 1 unspecified atom stereocenters. The zero-order chi connectivity index (χ0) is 14.5. The number of carbonyl (C=O) groups excluding carboxylic acids is 1. The van der Waals surface area contributed by atoms with Crippen molar-refractivity contribution in [3.63, 3.8) is 0 Å². The lowest BCUT2D eigenvalue weighted by Gasteiger charge is -2.26. The number of amides is 1. The van der Waals surface area contributed by atoms with Crippen molar-refractivity contribution in [3.05, 3.63) is 35.4 Å². The van der Waals surface area contributed by atoms with Crippen molar-refractivity contribution >= 4 is 18.3 Å². The molecule has 1 aromatic rings. The Morgan fingerprint density at radius 2 is 1.85 bits per heavy atom. The molecule has 1 rings (SSSR count). The molecular weight excluding hydrogens is 272 g/mol. The summed E-state index contributed by atoms with van der Waals surface area (Å²) in [5.74, 6) is -0.0537. The number of benzene rings is 1. The van der Waals surface area contributed by atoms with E-state index in [2.05, 4.69) is 50.4 Å². The molecule has 0 aliphatic rings. The molecule has 0 fully saturated rings. The molecule has 1 atom stereocenters. The van der Waals surface area contributed by atoms with Crippen LogP contribution in [0.15, 0.2) is 24.3 Å². The molecule has 4 heteroatoms. The van der Waals surface area contributed by atoms with Gasteiger partial charge in [-0.25, -0.2) is 0 Å². The van der Waals surface area contributed by atoms with E-state index in [1.54, 1.807) is 0 Å². The van der Waals surface area contributed by atoms with Gasteiger partial charge in [0.05, 0.1) is 6.04 Å². The Bertz CT molecular complexity index is 415. The fourth-order valence-electron chi connectivity index (χ4n) is 1.99. The van der Waals surface area contributed by atoms with Crippen LogP contribution in [-0.4, -0.2) is 18.5 Å². The van der Waals surface area contributed by atoms with Crippen LogP contribution >= 0.6 is 12.4 Å². The minimum absolute atomic E-state index is 0. The molecule has 0 bridgehead atoms. The molecule has 0 radical (unpaired) electrons. The third-order valence-electron chi connectivity index (χ3n) is 3.47. The average molecular weight is 299 g/mol. The number of aryl methyl sites for hydroxylation is 1. The Labute approximate surface area is 128 Å². The van der Waals surface area contributed by atoms with Gasteiger partial charge < -0.3 is 11.1 Å². The third-order valence-corrected chi connectivity index (χ3v) is 3.47. The van der Waals surface area contributed by atoms with Crippen molar-refractivity contribution in [1.82, 2.24) is 5.32 Å². The van der Waals surface area contributed by atoms with Crippen LogP contribution in [0.4, 0.5) is 0 Å². The first-order valence-corrected chi connectivity index (χ1v) is 6.97. The molecular formula is C16H27ClN2O. The van der Waals surface area contributed by atoms with Crippen molar-refractivity contribution in [3.8, 4) is 0 Å². The molecule has 0 spiro atoms. The Morgan fingerprint density at radius 1 is 1.30 bits per heavy atom. The number of hydrogen-bond acceptors (Lipinski definition) is 2. The van der Waals surface area contributed by atoms with E-state index in [0.29, 0.717) is 6.54 Å². The van der Waals surface area contributed by atoms with Crippen LogP contribution in [0.2, 0.25) is 0 Å². The van der Waals surface area contributed by atoms with Crippen molar-refractivity contribution in [2.75, 3.05) is 6.54 Å². The van der Waals surface area contributed by atoms with E-state index in [1.807, 2.05) is 6.92 Å². The largest absolute Gasteiger partial charge is 0.354 e. The highest BCUT2D eigenvalue weighted by Crippen LogP contribution is 2.22. The first-order chi connectivity index (χ1) is 8.86. The SMILES string of the molecule is CCCC(N)C(=O)NCC(C)(C)c1ccc(C)cc1.Cl. The normalized spacial score (nSPS) is 12.4. The second-order valence-corrected chi connectivity index (χ2v) is 5.86. The molecule has 0 aliphatic carbocycles. The number of carbonyl (C=O) groups is 1. The van der Waals surface area contributed by atoms with Gasteiger partial charge in [0.1, 0.15) is 0 Å². The first kappa shape index (κ1) is 18.9. The molecule has 20 heavy (non-hydrogen) atoms. The van der Waals surface area contributed by atoms with Gasteiger partial charge in [0.15, 0.2) is 0 Å². The fourth-order valence-corrected chi connectivity index (χ4v) is 1.99. The summed E-state index contributed by atoms with van der Waals surface area (Å²) in [6, 6.07) is 8.04. The fraction of sp³-hybridized carbons (Fsp3) is 0.562. The van der Waals surface area contributed by atoms with Crippen molar-refractivity contribution in [2.45, 2.75) is 52.0 Å². The topological polar surface area (TPSA) is 55.1 Å². The third kappa shape index (κ3) is 5.51. The van der Waals surface area contributed by atoms with E-state index < -0.39 is 0 Å². The van der Waals surface area contributed by atoms with Crippen LogP contribution < -0.4 is 11.1 Å². The van der Waals surface area contributed by atoms with Crippen LogP contribution in [0.3, 0.4) is 0 Å². The minimum Gasteiger partial charge on any atom is -0.354 e. The van der Waals surface area contributed by atoms with Crippen LogP contribution in [-0.2, 0) is 10.2 Å². The van der Waals surface area contributed by atoms with Crippen LogP contribution in [0, 0.1) is 6.92 Å². The number of nitrogens with two attached hydrogens (primary N) is 1. The maximum atomic E-state index is 11.8. The highest BCUT2D eigenvalue weighted by Gasteiger charge is 2.22. The maximum absolute atomic E-state index is 11.8. The van der Waals surface area contributed by atoms with Crippen LogP contribution in [0.25, 0.3) is 0 Å². The van der Waals surface area contributed by atoms with Gasteiger partial charge in [-0.15, -0.1) is 12.4 Å². The lowest BCUT2D eigenvalue weighted by atomic mass is 9.84. The van der Waals surface area contributed by atoms with Gasteiger partial charge in [-0.2, -0.15) is 0 Å². The van der Waals surface area contributed by atoms with Gasteiger partial charge in [0, 0.05) is 12.0 Å². The van der Waals surface area contributed by atoms with Crippen LogP contribution in [0.1, 0.15) is 44.7 Å². The monoisotopic (exact) mass is 298 g/mol. The van der Waals surface area contributed by atoms with E-state index in [-0.39, 0.29) is 29.8 Å². The molecule has 0 aliphatic heterocycles. The summed E-state index contributed by atoms with van der Waals surface area (Å²) in [7, 11) is 0. The van der Waals surface area contributed by atoms with Gasteiger partial charge in [-0.05, 0) is 18.9 Å². The quantitative estimate of drug-likeness (QED) is 0.848. The maximum Gasteiger partial charge on any atom is 0.236 e. The molecule has 1 aromatic carbocycles. The molecule has 0 heterocycles. The summed E-state index contributed by atoms with van der Waals surface area (Å²) in [5.41, 5.74) is 8.18. The van der Waals surface area contributed by atoms with E-state index in [1.165, 1.54) is 11.1 Å². The van der Waals surface area contributed by atoms with E-state index >= 15 is 0 Å². The summed E-state index contributed by atoms with van der Waals surface area (Å²) in [6.45, 7) is 8.96. The predicted octanol–water partition coefficient (Wildman–Crippen LogP) is 2.94. The number of rotatable bonds is 6. The molecule has 1 amide bonds. The summed E-state index contributed by atoms with van der Waals surface area (Å²) >= 11 is 0. The number of nitrogens with one attached hydrogen (secondary N) is 1. The zero-order valence-corrected chi connectivity index (χ0v) is 13.7. The summed E-state index contributed by atoms with van der Waals surface area (Å²) in [4.78, 5) is 11.8. The molecule has 3 N–H and O–H groups in total. The predicted molar refractivity (Wildman–Crippen MR) is 87.3 cm³/mol. The van der Waals surface area contributed by atoms with E-state index in [0.717, 1.165) is 12.8 Å². The highest BCUT2D eigenvalue weighted by molar-refractivity contribution is 5.85. The minimum atomic E-state index is -0.390. The van der Waals surface area contributed by atoms with Gasteiger partial charge in [-0.1, -0.05) is 57.0 Å². The lowest BCUT2D eigenvalue weighted by molar-refractivity contribution is -0.122. The molecule has 0 saturated heterocycles. The summed E-state index contributed by atoms with van der Waals surface area (Å²) in [5, 5.41) is 2.96. The van der Waals surface area contributed by atoms with E-state index in [4.69, 9.17) is 5.73 Å². The number of halogens is 1. The summed E-state index contributed by atoms with van der Waals surface area (Å²) < 4.78 is 0. The molecule has 0 saturated carbocycles. The molecule has 3 nitrogen and oxygen atoms in total. The van der Waals surface area contributed by atoms with Gasteiger partial charge in [-0.3, -0.25) is 4.79 Å². The second kappa shape index (κ2) is 8.28. The van der Waals surface area contributed by atoms with Gasteiger partial charge >= 0.3 is 0 Å². The van der Waals surface area contributed by atoms with E-state index in [9.17, 15) is 4.79 Å². The average Bonchev–Trinajstić information content (AvgIpc) is 2.37. The number of hydrogen-bond donors (Lipinski definition) is 2. The highest BCUT2D eigenvalue weighted by atomic mass is 35.5. The lowest BCUT2D eigenvalue weighted by Crippen LogP contribution is -2.45. The molecule has 114 valence electrons. The Morgan fingerprint density at radius 3 is 2.35 bits per heavy atom. The van der Waals surface area contributed by atoms with Crippen molar-refractivity contribution in [2.24, 2.45) is 5.73 Å². The Balaban J connectivity index is 0.00000361. The first-order valence-electron chi connectivity index (χ1n) is 6.97. The Kier molecular flexibility index (Phi) is 7.84. The Hall–Kier alpha value is -1.06. The summed E-state index contributed by atoms with van der Waals surface area (Å²) in [6.07, 6.45) is 1.66. The smallest absolute Gasteiger partial charge is 0.236 e. The van der Waals surface area contributed by atoms with Crippen molar-refractivity contribution in [1.29, 1.82) is 0 Å². The van der Waals surface area contributed by atoms with Crippen LogP contribution in [0.5, 0.6) is 0 Å². The van der Waals surface area contributed by atoms with Crippen molar-refractivity contribution < 1.29 is 4.79 Å². The zero-order valence-electron chi connectivity index (χ0n) is 12.9. The standard InChI is InChI=1S/C16H26N2O.ClH/c1-5-6-14(17)15(19)18-11-16(3,4)13-9-7-12(2)8-10-13;/h7-10,14H,5-6,11,17H2,1-4H3,(H,18,19);1H. The van der Waals surface area contributed by atoms with Gasteiger partial charge in [0.25, 0.3) is 0 Å². The van der Waals surface area contributed by atoms with Gasteiger partial charge in [0.2, 0.25) is 5.91 Å². The second-order valence-electron chi connectivity index (χ2n) is 5.86. The molecule has 0 aromatic heterocycles.